The Balaban J connectivity index is 1.38. The minimum atomic E-state index is -0.271. The van der Waals surface area contributed by atoms with Gasteiger partial charge in [-0.05, 0) is 49.9 Å². The highest BCUT2D eigenvalue weighted by molar-refractivity contribution is 5.94. The van der Waals surface area contributed by atoms with Gasteiger partial charge in [0.1, 0.15) is 12.7 Å². The van der Waals surface area contributed by atoms with Crippen LogP contribution in [0.1, 0.15) is 18.5 Å². The number of rotatable bonds is 6. The fraction of sp³-hybridized carbons (Fsp3) is 0.200. The lowest BCUT2D eigenvalue weighted by Gasteiger charge is -2.24. The van der Waals surface area contributed by atoms with Crippen LogP contribution in [0.15, 0.2) is 59.9 Å². The molecule has 0 bridgehead atoms. The van der Waals surface area contributed by atoms with E-state index in [1.165, 1.54) is 6.33 Å². The van der Waals surface area contributed by atoms with Gasteiger partial charge >= 0.3 is 5.69 Å². The molecule has 2 aromatic carbocycles. The van der Waals surface area contributed by atoms with Gasteiger partial charge in [-0.25, -0.2) is 14.5 Å². The summed E-state index contributed by atoms with van der Waals surface area (Å²) >= 11 is 0. The molecule has 1 amide bonds. The highest BCUT2D eigenvalue weighted by Gasteiger charge is 2.15. The highest BCUT2D eigenvalue weighted by atomic mass is 16.2. The van der Waals surface area contributed by atoms with Gasteiger partial charge in [-0.2, -0.15) is 5.10 Å². The molecule has 1 atom stereocenters. The number of H-pyrrole nitrogens is 2. The maximum Gasteiger partial charge on any atom is 0.323 e. The summed E-state index contributed by atoms with van der Waals surface area (Å²) in [7, 11) is 1.91. The number of benzene rings is 2. The molecule has 0 fully saturated rings. The first-order valence-corrected chi connectivity index (χ1v) is 9.17. The Labute approximate surface area is 166 Å². The van der Waals surface area contributed by atoms with Gasteiger partial charge < -0.3 is 15.3 Å². The Morgan fingerprint density at radius 1 is 1.17 bits per heavy atom. The second-order valence-electron chi connectivity index (χ2n) is 6.91. The molecule has 148 valence electrons. The van der Waals surface area contributed by atoms with Gasteiger partial charge in [0.05, 0.1) is 23.3 Å². The van der Waals surface area contributed by atoms with Gasteiger partial charge in [0, 0.05) is 11.7 Å². The molecule has 0 saturated heterocycles. The van der Waals surface area contributed by atoms with Gasteiger partial charge in [-0.15, -0.1) is 0 Å². The highest BCUT2D eigenvalue weighted by Crippen LogP contribution is 2.20. The van der Waals surface area contributed by atoms with Crippen LogP contribution in [0.2, 0.25) is 0 Å². The van der Waals surface area contributed by atoms with E-state index in [0.29, 0.717) is 16.7 Å². The monoisotopic (exact) mass is 391 g/mol. The molecule has 29 heavy (non-hydrogen) atoms. The maximum absolute atomic E-state index is 12.5. The third kappa shape index (κ3) is 4.09. The van der Waals surface area contributed by atoms with Crippen molar-refractivity contribution in [3.63, 3.8) is 0 Å². The summed E-state index contributed by atoms with van der Waals surface area (Å²) in [5.74, 6) is -0.129. The lowest BCUT2D eigenvalue weighted by molar-refractivity contribution is -0.117. The molecule has 0 radical (unpaired) electrons. The lowest BCUT2D eigenvalue weighted by atomic mass is 10.1. The average molecular weight is 391 g/mol. The molecule has 0 saturated carbocycles. The molecule has 4 rings (SSSR count). The van der Waals surface area contributed by atoms with Gasteiger partial charge in [0.15, 0.2) is 0 Å². The first-order chi connectivity index (χ1) is 14.0. The van der Waals surface area contributed by atoms with Crippen LogP contribution in [-0.4, -0.2) is 49.1 Å². The SMILES string of the molecule is C[C@@H](c1ccc(-n2cncn2)cc1)N(C)CC(=O)Nc1ccc2[nH]c(=O)[nH]c2c1. The fourth-order valence-electron chi connectivity index (χ4n) is 3.18. The molecule has 9 heteroatoms. The number of imidazole rings is 1. The third-order valence-electron chi connectivity index (χ3n) is 4.91. The van der Waals surface area contributed by atoms with Gasteiger partial charge in [-0.3, -0.25) is 9.69 Å². The Morgan fingerprint density at radius 2 is 1.93 bits per heavy atom. The van der Waals surface area contributed by atoms with Gasteiger partial charge in [0.2, 0.25) is 5.91 Å². The molecular weight excluding hydrogens is 370 g/mol. The molecule has 4 aromatic rings. The molecule has 2 aromatic heterocycles. The van der Waals surface area contributed by atoms with Crippen molar-refractivity contribution < 1.29 is 4.79 Å². The van der Waals surface area contributed by atoms with Crippen molar-refractivity contribution in [3.05, 3.63) is 71.2 Å². The quantitative estimate of drug-likeness (QED) is 0.466. The van der Waals surface area contributed by atoms with Crippen molar-refractivity contribution in [2.24, 2.45) is 0 Å². The molecular formula is C20H21N7O2. The number of aromatic amines is 2. The predicted molar refractivity (Wildman–Crippen MR) is 110 cm³/mol. The summed E-state index contributed by atoms with van der Waals surface area (Å²) < 4.78 is 1.69. The van der Waals surface area contributed by atoms with Crippen molar-refractivity contribution >= 4 is 22.6 Å². The number of hydrogen-bond donors (Lipinski definition) is 3. The molecule has 0 spiro atoms. The normalized spacial score (nSPS) is 12.4. The minimum absolute atomic E-state index is 0.0501. The Morgan fingerprint density at radius 3 is 2.66 bits per heavy atom. The van der Waals surface area contributed by atoms with Crippen LogP contribution in [0.3, 0.4) is 0 Å². The number of fused-ring (bicyclic) bond motifs is 1. The van der Waals surface area contributed by atoms with E-state index in [1.54, 1.807) is 29.2 Å². The Bertz CT molecular complexity index is 1180. The van der Waals surface area contributed by atoms with Crippen LogP contribution in [0.5, 0.6) is 0 Å². The third-order valence-corrected chi connectivity index (χ3v) is 4.91. The van der Waals surface area contributed by atoms with Crippen molar-refractivity contribution in [1.29, 1.82) is 0 Å². The first-order valence-electron chi connectivity index (χ1n) is 9.17. The Hall–Kier alpha value is -3.72. The standard InChI is InChI=1S/C20H21N7O2/c1-13(14-3-6-16(7-4-14)27-12-21-11-22-27)26(2)10-19(28)23-15-5-8-17-18(9-15)25-20(29)24-17/h3-9,11-13H,10H2,1-2H3,(H,23,28)(H2,24,25,29)/t13-/m0/s1. The van der Waals surface area contributed by atoms with E-state index in [2.05, 4.69) is 25.4 Å². The summed E-state index contributed by atoms with van der Waals surface area (Å²) in [4.78, 5) is 35.1. The molecule has 0 unspecified atom stereocenters. The largest absolute Gasteiger partial charge is 0.325 e. The van der Waals surface area contributed by atoms with Crippen LogP contribution in [0, 0.1) is 0 Å². The van der Waals surface area contributed by atoms with Crippen molar-refractivity contribution in [2.45, 2.75) is 13.0 Å². The number of carbonyl (C=O) groups is 1. The maximum atomic E-state index is 12.5. The topological polar surface area (TPSA) is 112 Å². The van der Waals surface area contributed by atoms with E-state index in [0.717, 1.165) is 11.3 Å². The van der Waals surface area contributed by atoms with E-state index < -0.39 is 0 Å². The zero-order valence-corrected chi connectivity index (χ0v) is 16.1. The molecule has 9 nitrogen and oxygen atoms in total. The second kappa shape index (κ2) is 7.72. The smallest absolute Gasteiger partial charge is 0.323 e. The van der Waals surface area contributed by atoms with Crippen LogP contribution in [0.4, 0.5) is 5.69 Å². The van der Waals surface area contributed by atoms with E-state index >= 15 is 0 Å². The number of carbonyl (C=O) groups excluding carboxylic acids is 1. The Kier molecular flexibility index (Phi) is 4.96. The number of amides is 1. The van der Waals surface area contributed by atoms with Crippen molar-refractivity contribution in [3.8, 4) is 5.69 Å². The number of likely N-dealkylation sites (N-methyl/N-ethyl adjacent to an activating group) is 1. The van der Waals surface area contributed by atoms with Crippen molar-refractivity contribution in [2.75, 3.05) is 18.9 Å². The fourth-order valence-corrected chi connectivity index (χ4v) is 3.18. The number of aromatic nitrogens is 5. The molecule has 2 heterocycles. The van der Waals surface area contributed by atoms with Gasteiger partial charge in [0.25, 0.3) is 0 Å². The van der Waals surface area contributed by atoms with E-state index in [4.69, 9.17) is 0 Å². The number of hydrogen-bond acceptors (Lipinski definition) is 5. The minimum Gasteiger partial charge on any atom is -0.325 e. The van der Waals surface area contributed by atoms with Crippen LogP contribution in [-0.2, 0) is 4.79 Å². The molecule has 0 aliphatic carbocycles. The summed E-state index contributed by atoms with van der Waals surface area (Å²) in [6.45, 7) is 2.28. The zero-order valence-electron chi connectivity index (χ0n) is 16.1. The number of nitrogens with zero attached hydrogens (tertiary/aromatic N) is 4. The second-order valence-corrected chi connectivity index (χ2v) is 6.91. The average Bonchev–Trinajstić information content (AvgIpc) is 3.36. The van der Waals surface area contributed by atoms with Crippen molar-refractivity contribution in [1.82, 2.24) is 29.6 Å². The first kappa shape index (κ1) is 18.6. The summed E-state index contributed by atoms with van der Waals surface area (Å²) in [6.07, 6.45) is 3.14. The number of anilines is 1. The van der Waals surface area contributed by atoms with Gasteiger partial charge in [-0.1, -0.05) is 12.1 Å². The summed E-state index contributed by atoms with van der Waals surface area (Å²) in [5, 5.41) is 6.99. The summed E-state index contributed by atoms with van der Waals surface area (Å²) in [6, 6.07) is 13.3. The zero-order chi connectivity index (χ0) is 20.4. The van der Waals surface area contributed by atoms with E-state index in [1.807, 2.05) is 43.1 Å². The van der Waals surface area contributed by atoms with Crippen LogP contribution in [0.25, 0.3) is 16.7 Å². The summed E-state index contributed by atoms with van der Waals surface area (Å²) in [5.41, 5.74) is 3.74. The lowest BCUT2D eigenvalue weighted by Crippen LogP contribution is -2.32. The van der Waals surface area contributed by atoms with E-state index in [-0.39, 0.29) is 24.2 Å². The molecule has 3 N–H and O–H groups in total. The number of nitrogens with one attached hydrogen (secondary N) is 3. The van der Waals surface area contributed by atoms with Crippen LogP contribution < -0.4 is 11.0 Å². The molecule has 0 aliphatic rings. The van der Waals surface area contributed by atoms with E-state index in [9.17, 15) is 9.59 Å². The predicted octanol–water partition coefficient (Wildman–Crippen LogP) is 2.07. The van der Waals surface area contributed by atoms with Crippen LogP contribution >= 0.6 is 0 Å². The molecule has 0 aliphatic heterocycles.